The largest absolute Gasteiger partial charge is 0.493 e. The summed E-state index contributed by atoms with van der Waals surface area (Å²) < 4.78 is 10.8. The Hall–Kier alpha value is -1.53. The van der Waals surface area contributed by atoms with E-state index < -0.39 is 0 Å². The van der Waals surface area contributed by atoms with Crippen LogP contribution in [0.4, 0.5) is 0 Å². The lowest BCUT2D eigenvalue weighted by Crippen LogP contribution is -2.40. The van der Waals surface area contributed by atoms with E-state index in [0.717, 1.165) is 18.4 Å². The first-order valence-electron chi connectivity index (χ1n) is 8.24. The molecule has 0 spiro atoms. The predicted octanol–water partition coefficient (Wildman–Crippen LogP) is 3.88. The van der Waals surface area contributed by atoms with Gasteiger partial charge in [-0.2, -0.15) is 5.10 Å². The SMILES string of the molecule is CCOc1c(Cl)cc(/C=N/NC(=S)NC2CCCCC2)cc1OC. The Morgan fingerprint density at radius 3 is 2.79 bits per heavy atom. The van der Waals surface area contributed by atoms with Gasteiger partial charge in [-0.3, -0.25) is 5.43 Å². The number of hydrazone groups is 1. The number of nitrogens with one attached hydrogen (secondary N) is 2. The molecule has 1 fully saturated rings. The Balaban J connectivity index is 1.93. The number of methoxy groups -OCH3 is 1. The van der Waals surface area contributed by atoms with Crippen molar-refractivity contribution < 1.29 is 9.47 Å². The maximum absolute atomic E-state index is 6.24. The van der Waals surface area contributed by atoms with Crippen molar-refractivity contribution in [2.45, 2.75) is 45.1 Å². The van der Waals surface area contributed by atoms with Gasteiger partial charge >= 0.3 is 0 Å². The second kappa shape index (κ2) is 9.69. The molecule has 2 N–H and O–H groups in total. The summed E-state index contributed by atoms with van der Waals surface area (Å²) in [6, 6.07) is 4.05. The highest BCUT2D eigenvalue weighted by molar-refractivity contribution is 7.80. The van der Waals surface area contributed by atoms with Crippen LogP contribution < -0.4 is 20.2 Å². The summed E-state index contributed by atoms with van der Waals surface area (Å²) in [6.45, 7) is 2.42. The first-order chi connectivity index (χ1) is 11.6. The van der Waals surface area contributed by atoms with Gasteiger partial charge in [-0.05, 0) is 49.7 Å². The minimum absolute atomic E-state index is 0.453. The molecule has 5 nitrogen and oxygen atoms in total. The maximum atomic E-state index is 6.24. The van der Waals surface area contributed by atoms with Gasteiger partial charge in [-0.1, -0.05) is 30.9 Å². The quantitative estimate of drug-likeness (QED) is 0.453. The zero-order chi connectivity index (χ0) is 17.4. The summed E-state index contributed by atoms with van der Waals surface area (Å²) in [5, 5.41) is 8.50. The third-order valence-electron chi connectivity index (χ3n) is 3.86. The van der Waals surface area contributed by atoms with E-state index in [9.17, 15) is 0 Å². The van der Waals surface area contributed by atoms with Crippen LogP contribution in [0.3, 0.4) is 0 Å². The summed E-state index contributed by atoms with van der Waals surface area (Å²) in [7, 11) is 1.58. The highest BCUT2D eigenvalue weighted by Crippen LogP contribution is 2.35. The van der Waals surface area contributed by atoms with Crippen molar-refractivity contribution in [3.8, 4) is 11.5 Å². The van der Waals surface area contributed by atoms with Gasteiger partial charge in [0.25, 0.3) is 0 Å². The van der Waals surface area contributed by atoms with E-state index in [1.165, 1.54) is 19.3 Å². The van der Waals surface area contributed by atoms with E-state index in [0.29, 0.717) is 34.3 Å². The smallest absolute Gasteiger partial charge is 0.187 e. The van der Waals surface area contributed by atoms with Gasteiger partial charge < -0.3 is 14.8 Å². The number of rotatable bonds is 6. The van der Waals surface area contributed by atoms with Crippen LogP contribution in [-0.4, -0.2) is 31.1 Å². The van der Waals surface area contributed by atoms with Crippen molar-refractivity contribution in [2.75, 3.05) is 13.7 Å². The number of hydrogen-bond donors (Lipinski definition) is 2. The van der Waals surface area contributed by atoms with Gasteiger partial charge in [-0.25, -0.2) is 0 Å². The van der Waals surface area contributed by atoms with E-state index in [-0.39, 0.29) is 0 Å². The molecule has 0 heterocycles. The van der Waals surface area contributed by atoms with Gasteiger partial charge in [0.2, 0.25) is 0 Å². The Kier molecular flexibility index (Phi) is 7.59. The van der Waals surface area contributed by atoms with Crippen molar-refractivity contribution in [1.29, 1.82) is 0 Å². The van der Waals surface area contributed by atoms with Crippen LogP contribution >= 0.6 is 23.8 Å². The highest BCUT2D eigenvalue weighted by atomic mass is 35.5. The van der Waals surface area contributed by atoms with Crippen molar-refractivity contribution in [2.24, 2.45) is 5.10 Å². The average molecular weight is 370 g/mol. The fourth-order valence-corrected chi connectivity index (χ4v) is 3.22. The molecule has 0 radical (unpaired) electrons. The van der Waals surface area contributed by atoms with Crippen LogP contribution in [0.25, 0.3) is 0 Å². The lowest BCUT2D eigenvalue weighted by Gasteiger charge is -2.23. The molecular weight excluding hydrogens is 346 g/mol. The van der Waals surface area contributed by atoms with Crippen molar-refractivity contribution in [1.82, 2.24) is 10.7 Å². The molecule has 1 saturated carbocycles. The molecule has 0 amide bonds. The van der Waals surface area contributed by atoms with E-state index in [1.807, 2.05) is 13.0 Å². The minimum Gasteiger partial charge on any atom is -0.493 e. The van der Waals surface area contributed by atoms with Gasteiger partial charge in [0.05, 0.1) is 25.0 Å². The topological polar surface area (TPSA) is 54.9 Å². The molecule has 0 atom stereocenters. The fourth-order valence-electron chi connectivity index (χ4n) is 2.73. The molecule has 1 aromatic rings. The average Bonchev–Trinajstić information content (AvgIpc) is 2.58. The number of thiocarbonyl (C=S) groups is 1. The molecule has 0 bridgehead atoms. The molecule has 0 aromatic heterocycles. The molecule has 1 aliphatic carbocycles. The molecule has 0 unspecified atom stereocenters. The molecule has 0 saturated heterocycles. The number of ether oxygens (including phenoxy) is 2. The summed E-state index contributed by atoms with van der Waals surface area (Å²) in [5.74, 6) is 1.12. The first-order valence-corrected chi connectivity index (χ1v) is 9.02. The molecule has 2 rings (SSSR count). The van der Waals surface area contributed by atoms with Crippen LogP contribution in [-0.2, 0) is 0 Å². The molecule has 1 aromatic carbocycles. The molecular formula is C17H24ClN3O2S. The van der Waals surface area contributed by atoms with Crippen LogP contribution in [0.2, 0.25) is 5.02 Å². The van der Waals surface area contributed by atoms with Gasteiger partial charge in [0.1, 0.15) is 0 Å². The first kappa shape index (κ1) is 18.8. The number of halogens is 1. The molecule has 1 aliphatic rings. The van der Waals surface area contributed by atoms with Crippen LogP contribution in [0.5, 0.6) is 11.5 Å². The minimum atomic E-state index is 0.453. The zero-order valence-electron chi connectivity index (χ0n) is 14.1. The lowest BCUT2D eigenvalue weighted by molar-refractivity contribution is 0.311. The Bertz CT molecular complexity index is 589. The molecule has 7 heteroatoms. The standard InChI is InChI=1S/C17H24ClN3O2S/c1-3-23-16-14(18)9-12(10-15(16)22-2)11-19-21-17(24)20-13-7-5-4-6-8-13/h9-11,13H,3-8H2,1-2H3,(H2,20,21,24)/b19-11+. The number of hydrogen-bond acceptors (Lipinski definition) is 4. The van der Waals surface area contributed by atoms with E-state index in [1.54, 1.807) is 19.4 Å². The Labute approximate surface area is 153 Å². The third kappa shape index (κ3) is 5.53. The summed E-state index contributed by atoms with van der Waals surface area (Å²) in [5.41, 5.74) is 3.65. The van der Waals surface area contributed by atoms with E-state index in [4.69, 9.17) is 33.3 Å². The summed E-state index contributed by atoms with van der Waals surface area (Å²) >= 11 is 11.5. The second-order valence-corrected chi connectivity index (χ2v) is 6.46. The van der Waals surface area contributed by atoms with Gasteiger partial charge in [0, 0.05) is 6.04 Å². The Morgan fingerprint density at radius 2 is 2.12 bits per heavy atom. The molecule has 0 aliphatic heterocycles. The number of benzene rings is 1. The van der Waals surface area contributed by atoms with Crippen molar-refractivity contribution in [3.05, 3.63) is 22.7 Å². The Morgan fingerprint density at radius 1 is 1.38 bits per heavy atom. The van der Waals surface area contributed by atoms with E-state index in [2.05, 4.69) is 15.8 Å². The van der Waals surface area contributed by atoms with Crippen LogP contribution in [0.15, 0.2) is 17.2 Å². The molecule has 24 heavy (non-hydrogen) atoms. The van der Waals surface area contributed by atoms with E-state index >= 15 is 0 Å². The van der Waals surface area contributed by atoms with Gasteiger partial charge in [0.15, 0.2) is 16.6 Å². The third-order valence-corrected chi connectivity index (χ3v) is 4.35. The zero-order valence-corrected chi connectivity index (χ0v) is 15.7. The fraction of sp³-hybridized carbons (Fsp3) is 0.529. The normalized spacial score (nSPS) is 15.3. The monoisotopic (exact) mass is 369 g/mol. The van der Waals surface area contributed by atoms with Crippen LogP contribution in [0, 0.1) is 0 Å². The van der Waals surface area contributed by atoms with Crippen molar-refractivity contribution in [3.63, 3.8) is 0 Å². The summed E-state index contributed by atoms with van der Waals surface area (Å²) in [6.07, 6.45) is 7.81. The predicted molar refractivity (Wildman–Crippen MR) is 103 cm³/mol. The number of nitrogens with zero attached hydrogens (tertiary/aromatic N) is 1. The lowest BCUT2D eigenvalue weighted by atomic mass is 9.96. The molecule has 132 valence electrons. The highest BCUT2D eigenvalue weighted by Gasteiger charge is 2.14. The second-order valence-electron chi connectivity index (χ2n) is 5.65. The van der Waals surface area contributed by atoms with Gasteiger partial charge in [-0.15, -0.1) is 0 Å². The van der Waals surface area contributed by atoms with Crippen LogP contribution in [0.1, 0.15) is 44.6 Å². The van der Waals surface area contributed by atoms with Crippen molar-refractivity contribution >= 4 is 35.1 Å². The maximum Gasteiger partial charge on any atom is 0.187 e. The summed E-state index contributed by atoms with van der Waals surface area (Å²) in [4.78, 5) is 0.